The molecule has 0 aliphatic rings. The summed E-state index contributed by atoms with van der Waals surface area (Å²) < 4.78 is 9.38. The lowest BCUT2D eigenvalue weighted by Gasteiger charge is -2.04. The average Bonchev–Trinajstić information content (AvgIpc) is 2.25. The molecule has 0 amide bonds. The second kappa shape index (κ2) is 5.14. The topological polar surface area (TPSA) is 52.6 Å². The monoisotopic (exact) mass is 208 g/mol. The van der Waals surface area contributed by atoms with Gasteiger partial charge in [-0.25, -0.2) is 4.79 Å². The van der Waals surface area contributed by atoms with Crippen LogP contribution in [0.2, 0.25) is 0 Å². The highest BCUT2D eigenvalue weighted by atomic mass is 16.5. The molecular formula is C11H12O4. The minimum atomic E-state index is -0.403. The molecule has 0 fully saturated rings. The Morgan fingerprint density at radius 1 is 1.33 bits per heavy atom. The molecule has 0 radical (unpaired) electrons. The van der Waals surface area contributed by atoms with E-state index in [-0.39, 0.29) is 12.6 Å². The van der Waals surface area contributed by atoms with Crippen molar-refractivity contribution < 1.29 is 19.1 Å². The largest absolute Gasteiger partial charge is 0.465 e. The first-order chi connectivity index (χ1) is 7.13. The zero-order valence-corrected chi connectivity index (χ0v) is 8.65. The van der Waals surface area contributed by atoms with Crippen LogP contribution < -0.4 is 0 Å². The highest BCUT2D eigenvalue weighted by Crippen LogP contribution is 2.07. The molecule has 1 rings (SSSR count). The summed E-state index contributed by atoms with van der Waals surface area (Å²) in [7, 11) is 1.32. The fourth-order valence-corrected chi connectivity index (χ4v) is 1.09. The van der Waals surface area contributed by atoms with Gasteiger partial charge < -0.3 is 9.47 Å². The number of methoxy groups -OCH3 is 1. The molecule has 0 aliphatic heterocycles. The molecule has 4 heteroatoms. The Hall–Kier alpha value is -1.84. The van der Waals surface area contributed by atoms with E-state index in [1.54, 1.807) is 24.3 Å². The Bertz CT molecular complexity index is 371. The lowest BCUT2D eigenvalue weighted by molar-refractivity contribution is -0.142. The maximum absolute atomic E-state index is 11.2. The van der Waals surface area contributed by atoms with Gasteiger partial charge in [-0.05, 0) is 17.7 Å². The quantitative estimate of drug-likeness (QED) is 0.707. The van der Waals surface area contributed by atoms with Crippen molar-refractivity contribution >= 4 is 11.9 Å². The van der Waals surface area contributed by atoms with Gasteiger partial charge in [-0.3, -0.25) is 4.79 Å². The molecule has 0 aromatic heterocycles. The van der Waals surface area contributed by atoms with Crippen LogP contribution in [0.15, 0.2) is 24.3 Å². The third kappa shape index (κ3) is 3.42. The third-order valence-electron chi connectivity index (χ3n) is 1.79. The Kier molecular flexibility index (Phi) is 3.85. The summed E-state index contributed by atoms with van der Waals surface area (Å²) in [6, 6.07) is 6.76. The highest BCUT2D eigenvalue weighted by molar-refractivity contribution is 5.89. The van der Waals surface area contributed by atoms with Gasteiger partial charge in [0.1, 0.15) is 6.61 Å². The molecule has 0 unspecified atom stereocenters. The van der Waals surface area contributed by atoms with Crippen molar-refractivity contribution in [1.82, 2.24) is 0 Å². The van der Waals surface area contributed by atoms with E-state index in [4.69, 9.17) is 4.74 Å². The first-order valence-corrected chi connectivity index (χ1v) is 4.44. The summed E-state index contributed by atoms with van der Waals surface area (Å²) in [6.45, 7) is 1.50. The Labute approximate surface area is 87.8 Å². The van der Waals surface area contributed by atoms with Crippen molar-refractivity contribution in [2.45, 2.75) is 13.5 Å². The highest BCUT2D eigenvalue weighted by Gasteiger charge is 2.05. The van der Waals surface area contributed by atoms with Crippen LogP contribution in [-0.4, -0.2) is 19.0 Å². The Morgan fingerprint density at radius 2 is 2.07 bits per heavy atom. The molecule has 1 aromatic carbocycles. The SMILES string of the molecule is COC(=O)c1cccc(COC(C)=O)c1. The first kappa shape index (κ1) is 11.2. The van der Waals surface area contributed by atoms with Gasteiger partial charge >= 0.3 is 11.9 Å². The summed E-state index contributed by atoms with van der Waals surface area (Å²) in [5.74, 6) is -0.752. The van der Waals surface area contributed by atoms with Crippen molar-refractivity contribution in [3.8, 4) is 0 Å². The van der Waals surface area contributed by atoms with E-state index in [0.717, 1.165) is 5.56 Å². The van der Waals surface area contributed by atoms with Crippen molar-refractivity contribution in [2.75, 3.05) is 7.11 Å². The standard InChI is InChI=1S/C11H12O4/c1-8(12)15-7-9-4-3-5-10(6-9)11(13)14-2/h3-6H,7H2,1-2H3. The van der Waals surface area contributed by atoms with Gasteiger partial charge in [0, 0.05) is 6.92 Å². The van der Waals surface area contributed by atoms with Crippen molar-refractivity contribution in [3.63, 3.8) is 0 Å². The smallest absolute Gasteiger partial charge is 0.337 e. The van der Waals surface area contributed by atoms with Crippen molar-refractivity contribution in [3.05, 3.63) is 35.4 Å². The van der Waals surface area contributed by atoms with Gasteiger partial charge in [-0.2, -0.15) is 0 Å². The van der Waals surface area contributed by atoms with Crippen LogP contribution in [0.5, 0.6) is 0 Å². The molecule has 4 nitrogen and oxygen atoms in total. The summed E-state index contributed by atoms with van der Waals surface area (Å²) in [4.78, 5) is 21.8. The molecule has 0 N–H and O–H groups in total. The molecule has 0 heterocycles. The minimum Gasteiger partial charge on any atom is -0.465 e. The third-order valence-corrected chi connectivity index (χ3v) is 1.79. The maximum atomic E-state index is 11.2. The fourth-order valence-electron chi connectivity index (χ4n) is 1.09. The Balaban J connectivity index is 2.74. The van der Waals surface area contributed by atoms with Crippen molar-refractivity contribution in [1.29, 1.82) is 0 Å². The van der Waals surface area contributed by atoms with E-state index >= 15 is 0 Å². The number of esters is 2. The number of ether oxygens (including phenoxy) is 2. The maximum Gasteiger partial charge on any atom is 0.337 e. The second-order valence-electron chi connectivity index (χ2n) is 2.97. The number of hydrogen-bond donors (Lipinski definition) is 0. The number of hydrogen-bond acceptors (Lipinski definition) is 4. The molecule has 0 aliphatic carbocycles. The van der Waals surface area contributed by atoms with Crippen LogP contribution in [0.25, 0.3) is 0 Å². The van der Waals surface area contributed by atoms with E-state index in [1.165, 1.54) is 14.0 Å². The van der Waals surface area contributed by atoms with Crippen LogP contribution in [0.4, 0.5) is 0 Å². The predicted molar refractivity (Wildman–Crippen MR) is 53.3 cm³/mol. The average molecular weight is 208 g/mol. The van der Waals surface area contributed by atoms with E-state index in [1.807, 2.05) is 0 Å². The van der Waals surface area contributed by atoms with Crippen LogP contribution in [0, 0.1) is 0 Å². The molecule has 0 atom stereocenters. The molecule has 0 spiro atoms. The zero-order chi connectivity index (χ0) is 11.3. The van der Waals surface area contributed by atoms with Crippen LogP contribution >= 0.6 is 0 Å². The van der Waals surface area contributed by atoms with E-state index in [2.05, 4.69) is 4.74 Å². The Morgan fingerprint density at radius 3 is 2.67 bits per heavy atom. The lowest BCUT2D eigenvalue weighted by Crippen LogP contribution is -2.03. The molecular weight excluding hydrogens is 196 g/mol. The normalized spacial score (nSPS) is 9.47. The summed E-state index contributed by atoms with van der Waals surface area (Å²) in [5, 5.41) is 0. The zero-order valence-electron chi connectivity index (χ0n) is 8.65. The van der Waals surface area contributed by atoms with E-state index in [0.29, 0.717) is 5.56 Å². The van der Waals surface area contributed by atoms with Gasteiger partial charge in [0.15, 0.2) is 0 Å². The molecule has 15 heavy (non-hydrogen) atoms. The molecule has 0 saturated carbocycles. The van der Waals surface area contributed by atoms with E-state index in [9.17, 15) is 9.59 Å². The van der Waals surface area contributed by atoms with Gasteiger partial charge in [0.05, 0.1) is 12.7 Å². The van der Waals surface area contributed by atoms with Crippen LogP contribution in [0.1, 0.15) is 22.8 Å². The lowest BCUT2D eigenvalue weighted by atomic mass is 10.1. The number of carbonyl (C=O) groups is 2. The number of rotatable bonds is 3. The van der Waals surface area contributed by atoms with Crippen LogP contribution in [0.3, 0.4) is 0 Å². The van der Waals surface area contributed by atoms with Crippen LogP contribution in [-0.2, 0) is 20.9 Å². The summed E-state index contributed by atoms with van der Waals surface area (Å²) in [6.07, 6.45) is 0. The predicted octanol–water partition coefficient (Wildman–Crippen LogP) is 1.54. The molecule has 1 aromatic rings. The summed E-state index contributed by atoms with van der Waals surface area (Å²) >= 11 is 0. The first-order valence-electron chi connectivity index (χ1n) is 4.44. The summed E-state index contributed by atoms with van der Waals surface area (Å²) in [5.41, 5.74) is 1.20. The number of carbonyl (C=O) groups excluding carboxylic acids is 2. The molecule has 80 valence electrons. The van der Waals surface area contributed by atoms with Gasteiger partial charge in [-0.15, -0.1) is 0 Å². The van der Waals surface area contributed by atoms with Gasteiger partial charge in [0.25, 0.3) is 0 Å². The van der Waals surface area contributed by atoms with E-state index < -0.39 is 5.97 Å². The minimum absolute atomic E-state index is 0.167. The number of benzene rings is 1. The molecule has 0 saturated heterocycles. The van der Waals surface area contributed by atoms with Crippen molar-refractivity contribution in [2.24, 2.45) is 0 Å². The van der Waals surface area contributed by atoms with Gasteiger partial charge in [-0.1, -0.05) is 12.1 Å². The molecule has 0 bridgehead atoms. The van der Waals surface area contributed by atoms with Gasteiger partial charge in [0.2, 0.25) is 0 Å². The fraction of sp³-hybridized carbons (Fsp3) is 0.273. The second-order valence-corrected chi connectivity index (χ2v) is 2.97.